The van der Waals surface area contributed by atoms with Crippen molar-refractivity contribution in [2.75, 3.05) is 33.4 Å². The molecule has 1 aromatic rings. The Morgan fingerprint density at radius 2 is 2.04 bits per heavy atom. The molecule has 1 aliphatic rings. The molecular weight excluding hydrogens is 469 g/mol. The van der Waals surface area contributed by atoms with E-state index in [0.717, 1.165) is 43.4 Å². The van der Waals surface area contributed by atoms with E-state index in [1.165, 1.54) is 12.8 Å². The molecule has 28 heavy (non-hydrogen) atoms. The first-order valence-corrected chi connectivity index (χ1v) is 9.94. The van der Waals surface area contributed by atoms with E-state index in [9.17, 15) is 5.11 Å². The number of rotatable bonds is 11. The molecular formula is C21H36IN3O3. The van der Waals surface area contributed by atoms with Gasteiger partial charge in [0.2, 0.25) is 0 Å². The summed E-state index contributed by atoms with van der Waals surface area (Å²) < 4.78 is 10.9. The standard InChI is InChI=1S/C21H35N3O3.HI/c1-5-22-20(24-15-21(9-10-21)11-12-26-4)23-14-19(25)17-7-6-8-18(13-17)27-16(2)3;/h6-8,13,16,19,25H,5,9-12,14-15H2,1-4H3,(H2,22,23,24);1H. The van der Waals surface area contributed by atoms with E-state index in [1.807, 2.05) is 45.0 Å². The lowest BCUT2D eigenvalue weighted by Gasteiger charge is -2.18. The van der Waals surface area contributed by atoms with Gasteiger partial charge in [0, 0.05) is 33.4 Å². The van der Waals surface area contributed by atoms with E-state index in [1.54, 1.807) is 7.11 Å². The molecule has 1 saturated carbocycles. The normalized spacial score (nSPS) is 16.3. The fourth-order valence-electron chi connectivity index (χ4n) is 2.95. The van der Waals surface area contributed by atoms with Crippen LogP contribution in [0, 0.1) is 5.41 Å². The minimum Gasteiger partial charge on any atom is -0.491 e. The molecule has 1 aromatic carbocycles. The van der Waals surface area contributed by atoms with Crippen LogP contribution in [0.5, 0.6) is 5.75 Å². The molecule has 7 heteroatoms. The van der Waals surface area contributed by atoms with Crippen molar-refractivity contribution in [2.24, 2.45) is 10.4 Å². The van der Waals surface area contributed by atoms with Gasteiger partial charge in [-0.3, -0.25) is 4.99 Å². The summed E-state index contributed by atoms with van der Waals surface area (Å²) in [5.41, 5.74) is 1.13. The molecule has 0 bridgehead atoms. The highest BCUT2D eigenvalue weighted by molar-refractivity contribution is 14.0. The molecule has 0 radical (unpaired) electrons. The predicted octanol–water partition coefficient (Wildman–Crippen LogP) is 3.50. The first-order valence-electron chi connectivity index (χ1n) is 9.94. The van der Waals surface area contributed by atoms with E-state index in [0.29, 0.717) is 12.0 Å². The molecule has 0 saturated heterocycles. The third kappa shape index (κ3) is 8.53. The van der Waals surface area contributed by atoms with Crippen molar-refractivity contribution in [3.05, 3.63) is 29.8 Å². The second kappa shape index (κ2) is 12.5. The number of nitrogens with one attached hydrogen (secondary N) is 2. The second-order valence-electron chi connectivity index (χ2n) is 7.57. The summed E-state index contributed by atoms with van der Waals surface area (Å²) in [5, 5.41) is 17.0. The van der Waals surface area contributed by atoms with Crippen LogP contribution >= 0.6 is 24.0 Å². The van der Waals surface area contributed by atoms with Crippen LogP contribution in [-0.4, -0.2) is 50.5 Å². The minimum atomic E-state index is -0.632. The van der Waals surface area contributed by atoms with Crippen LogP contribution in [0.3, 0.4) is 0 Å². The molecule has 1 aliphatic carbocycles. The van der Waals surface area contributed by atoms with Crippen LogP contribution < -0.4 is 15.4 Å². The number of aliphatic hydroxyl groups excluding tert-OH is 1. The maximum atomic E-state index is 10.5. The number of ether oxygens (including phenoxy) is 2. The highest BCUT2D eigenvalue weighted by Gasteiger charge is 2.41. The smallest absolute Gasteiger partial charge is 0.191 e. The lowest BCUT2D eigenvalue weighted by Crippen LogP contribution is -2.39. The first kappa shape index (κ1) is 25.0. The Balaban J connectivity index is 0.00000392. The average Bonchev–Trinajstić information content (AvgIpc) is 3.42. The van der Waals surface area contributed by atoms with E-state index in [-0.39, 0.29) is 30.1 Å². The topological polar surface area (TPSA) is 75.1 Å². The zero-order valence-electron chi connectivity index (χ0n) is 17.5. The second-order valence-corrected chi connectivity index (χ2v) is 7.57. The Morgan fingerprint density at radius 1 is 1.29 bits per heavy atom. The number of hydrogen-bond acceptors (Lipinski definition) is 4. The van der Waals surface area contributed by atoms with Gasteiger partial charge in [-0.1, -0.05) is 12.1 Å². The highest BCUT2D eigenvalue weighted by atomic mass is 127. The third-order valence-corrected chi connectivity index (χ3v) is 4.79. The Bertz CT molecular complexity index is 606. The Kier molecular flexibility index (Phi) is 11.1. The summed E-state index contributed by atoms with van der Waals surface area (Å²) >= 11 is 0. The number of aliphatic hydroxyl groups is 1. The number of benzene rings is 1. The number of hydrogen-bond donors (Lipinski definition) is 3. The summed E-state index contributed by atoms with van der Waals surface area (Å²) in [4.78, 5) is 4.73. The number of methoxy groups -OCH3 is 1. The third-order valence-electron chi connectivity index (χ3n) is 4.79. The van der Waals surface area contributed by atoms with E-state index in [2.05, 4.69) is 10.6 Å². The summed E-state index contributed by atoms with van der Waals surface area (Å²) in [6.45, 7) is 8.77. The molecule has 1 atom stereocenters. The van der Waals surface area contributed by atoms with Crippen LogP contribution in [0.1, 0.15) is 51.7 Å². The molecule has 0 spiro atoms. The zero-order valence-corrected chi connectivity index (χ0v) is 19.9. The molecule has 0 aliphatic heterocycles. The van der Waals surface area contributed by atoms with Crippen LogP contribution in [0.15, 0.2) is 29.3 Å². The highest BCUT2D eigenvalue weighted by Crippen LogP contribution is 2.48. The van der Waals surface area contributed by atoms with E-state index < -0.39 is 6.10 Å². The van der Waals surface area contributed by atoms with Gasteiger partial charge in [-0.15, -0.1) is 24.0 Å². The van der Waals surface area contributed by atoms with Crippen LogP contribution in [0.25, 0.3) is 0 Å². The van der Waals surface area contributed by atoms with Gasteiger partial charge >= 0.3 is 0 Å². The number of aliphatic imine (C=N–C) groups is 1. The van der Waals surface area contributed by atoms with Crippen molar-refractivity contribution in [3.8, 4) is 5.75 Å². The lowest BCUT2D eigenvalue weighted by atomic mass is 10.0. The van der Waals surface area contributed by atoms with Gasteiger partial charge in [-0.2, -0.15) is 0 Å². The Morgan fingerprint density at radius 3 is 2.64 bits per heavy atom. The van der Waals surface area contributed by atoms with Crippen LogP contribution in [0.4, 0.5) is 0 Å². The van der Waals surface area contributed by atoms with Crippen molar-refractivity contribution in [1.82, 2.24) is 10.6 Å². The zero-order chi connectivity index (χ0) is 19.7. The van der Waals surface area contributed by atoms with Gasteiger partial charge in [0.25, 0.3) is 0 Å². The van der Waals surface area contributed by atoms with Crippen molar-refractivity contribution in [2.45, 2.75) is 52.2 Å². The molecule has 1 unspecified atom stereocenters. The molecule has 1 fully saturated rings. The Hall–Kier alpha value is -1.06. The average molecular weight is 505 g/mol. The molecule has 3 N–H and O–H groups in total. The fraction of sp³-hybridized carbons (Fsp3) is 0.667. The molecule has 0 amide bonds. The monoisotopic (exact) mass is 505 g/mol. The van der Waals surface area contributed by atoms with Crippen LogP contribution in [0.2, 0.25) is 0 Å². The van der Waals surface area contributed by atoms with Crippen molar-refractivity contribution in [1.29, 1.82) is 0 Å². The molecule has 0 aromatic heterocycles. The maximum absolute atomic E-state index is 10.5. The largest absolute Gasteiger partial charge is 0.491 e. The quantitative estimate of drug-likeness (QED) is 0.244. The summed E-state index contributed by atoms with van der Waals surface area (Å²) in [7, 11) is 1.74. The lowest BCUT2D eigenvalue weighted by molar-refractivity contribution is 0.173. The van der Waals surface area contributed by atoms with Gasteiger partial charge in [0.15, 0.2) is 5.96 Å². The molecule has 0 heterocycles. The maximum Gasteiger partial charge on any atom is 0.191 e. The molecule has 6 nitrogen and oxygen atoms in total. The summed E-state index contributed by atoms with van der Waals surface area (Å²) in [6, 6.07) is 7.61. The van der Waals surface area contributed by atoms with Crippen molar-refractivity contribution in [3.63, 3.8) is 0 Å². The summed E-state index contributed by atoms with van der Waals surface area (Å²) in [6.07, 6.45) is 2.95. The number of halogens is 1. The van der Waals surface area contributed by atoms with Gasteiger partial charge in [0.05, 0.1) is 12.2 Å². The van der Waals surface area contributed by atoms with E-state index >= 15 is 0 Å². The number of guanidine groups is 1. The number of nitrogens with zero attached hydrogens (tertiary/aromatic N) is 1. The van der Waals surface area contributed by atoms with Gasteiger partial charge in [0.1, 0.15) is 5.75 Å². The van der Waals surface area contributed by atoms with Gasteiger partial charge < -0.3 is 25.2 Å². The molecule has 2 rings (SSSR count). The predicted molar refractivity (Wildman–Crippen MR) is 125 cm³/mol. The van der Waals surface area contributed by atoms with Gasteiger partial charge in [-0.05, 0) is 63.1 Å². The minimum absolute atomic E-state index is 0. The Labute approximate surface area is 186 Å². The van der Waals surface area contributed by atoms with Crippen LogP contribution in [-0.2, 0) is 4.74 Å². The first-order chi connectivity index (χ1) is 13.0. The van der Waals surface area contributed by atoms with Crippen molar-refractivity contribution < 1.29 is 14.6 Å². The van der Waals surface area contributed by atoms with E-state index in [4.69, 9.17) is 14.5 Å². The fourth-order valence-corrected chi connectivity index (χ4v) is 2.95. The molecule has 160 valence electrons. The SMILES string of the molecule is CCNC(=NCC1(CCOC)CC1)NCC(O)c1cccc(OC(C)C)c1.I. The van der Waals surface area contributed by atoms with Gasteiger partial charge in [-0.25, -0.2) is 0 Å². The summed E-state index contributed by atoms with van der Waals surface area (Å²) in [5.74, 6) is 1.52. The van der Waals surface area contributed by atoms with Crippen molar-refractivity contribution >= 4 is 29.9 Å².